The van der Waals surface area contributed by atoms with E-state index >= 15 is 0 Å². The number of hydrogen-bond acceptors (Lipinski definition) is 5. The molecule has 2 aromatic rings. The summed E-state index contributed by atoms with van der Waals surface area (Å²) in [5.41, 5.74) is 1.02. The van der Waals surface area contributed by atoms with Crippen molar-refractivity contribution < 1.29 is 18.8 Å². The van der Waals surface area contributed by atoms with Crippen molar-refractivity contribution in [1.29, 1.82) is 0 Å². The fraction of sp³-hybridized carbons (Fsp3) is 0.214. The summed E-state index contributed by atoms with van der Waals surface area (Å²) in [7, 11) is 1.47. The van der Waals surface area contributed by atoms with Gasteiger partial charge in [0.2, 0.25) is 5.91 Å². The fourth-order valence-electron chi connectivity index (χ4n) is 1.77. The van der Waals surface area contributed by atoms with E-state index in [2.05, 4.69) is 21.1 Å². The number of methoxy groups -OCH3 is 1. The van der Waals surface area contributed by atoms with Gasteiger partial charge in [0.1, 0.15) is 11.5 Å². The van der Waals surface area contributed by atoms with Gasteiger partial charge in [0.15, 0.2) is 5.82 Å². The SMILES string of the molecule is COc1cc(NC(=O)Nc2cc(C)on2)ccc1NC(C)=O. The van der Waals surface area contributed by atoms with Crippen molar-refractivity contribution in [3.63, 3.8) is 0 Å². The van der Waals surface area contributed by atoms with Crippen LogP contribution in [-0.2, 0) is 4.79 Å². The molecule has 0 saturated carbocycles. The predicted octanol–water partition coefficient (Wildman–Crippen LogP) is 2.59. The maximum absolute atomic E-state index is 11.8. The van der Waals surface area contributed by atoms with Crippen LogP contribution in [0.5, 0.6) is 5.75 Å². The molecule has 0 bridgehead atoms. The number of ether oxygens (including phenoxy) is 1. The molecule has 1 aromatic heterocycles. The summed E-state index contributed by atoms with van der Waals surface area (Å²) in [6, 6.07) is 6.00. The third-order valence-electron chi connectivity index (χ3n) is 2.64. The van der Waals surface area contributed by atoms with Gasteiger partial charge in [-0.15, -0.1) is 0 Å². The highest BCUT2D eigenvalue weighted by molar-refractivity contribution is 5.99. The van der Waals surface area contributed by atoms with E-state index in [0.29, 0.717) is 28.7 Å². The van der Waals surface area contributed by atoms with Crippen LogP contribution in [0, 0.1) is 6.92 Å². The number of carbonyl (C=O) groups excluding carboxylic acids is 2. The lowest BCUT2D eigenvalue weighted by Gasteiger charge is -2.11. The number of urea groups is 1. The normalized spacial score (nSPS) is 9.95. The Morgan fingerprint density at radius 3 is 2.55 bits per heavy atom. The van der Waals surface area contributed by atoms with Crippen molar-refractivity contribution in [3.05, 3.63) is 30.0 Å². The van der Waals surface area contributed by atoms with Crippen LogP contribution in [0.4, 0.5) is 22.0 Å². The number of hydrogen-bond donors (Lipinski definition) is 3. The third kappa shape index (κ3) is 3.98. The highest BCUT2D eigenvalue weighted by atomic mass is 16.5. The average molecular weight is 304 g/mol. The zero-order valence-electron chi connectivity index (χ0n) is 12.4. The van der Waals surface area contributed by atoms with Crippen LogP contribution in [0.3, 0.4) is 0 Å². The largest absolute Gasteiger partial charge is 0.494 e. The molecular weight excluding hydrogens is 288 g/mol. The summed E-state index contributed by atoms with van der Waals surface area (Å²) in [4.78, 5) is 22.9. The number of rotatable bonds is 4. The van der Waals surface area contributed by atoms with Crippen LogP contribution in [0.1, 0.15) is 12.7 Å². The van der Waals surface area contributed by atoms with E-state index in [0.717, 1.165) is 0 Å². The van der Waals surface area contributed by atoms with Crippen LogP contribution >= 0.6 is 0 Å². The Bertz CT molecular complexity index is 696. The first-order valence-electron chi connectivity index (χ1n) is 6.45. The first kappa shape index (κ1) is 15.4. The smallest absolute Gasteiger partial charge is 0.324 e. The summed E-state index contributed by atoms with van der Waals surface area (Å²) < 4.78 is 10.0. The van der Waals surface area contributed by atoms with Crippen molar-refractivity contribution in [2.45, 2.75) is 13.8 Å². The molecule has 1 heterocycles. The fourth-order valence-corrected chi connectivity index (χ4v) is 1.77. The molecule has 0 saturated heterocycles. The van der Waals surface area contributed by atoms with Crippen molar-refractivity contribution >= 4 is 29.1 Å². The molecule has 0 aliphatic carbocycles. The van der Waals surface area contributed by atoms with Gasteiger partial charge in [0.05, 0.1) is 12.8 Å². The van der Waals surface area contributed by atoms with E-state index in [1.54, 1.807) is 31.2 Å². The number of carbonyl (C=O) groups is 2. The molecule has 1 aromatic carbocycles. The van der Waals surface area contributed by atoms with E-state index < -0.39 is 6.03 Å². The van der Waals surface area contributed by atoms with E-state index in [-0.39, 0.29) is 5.91 Å². The van der Waals surface area contributed by atoms with Gasteiger partial charge in [-0.3, -0.25) is 10.1 Å². The number of nitrogens with one attached hydrogen (secondary N) is 3. The Morgan fingerprint density at radius 2 is 1.95 bits per heavy atom. The molecule has 8 nitrogen and oxygen atoms in total. The molecule has 8 heteroatoms. The number of nitrogens with zero attached hydrogens (tertiary/aromatic N) is 1. The number of aryl methyl sites for hydroxylation is 1. The molecule has 22 heavy (non-hydrogen) atoms. The molecule has 116 valence electrons. The van der Waals surface area contributed by atoms with Crippen LogP contribution in [0.2, 0.25) is 0 Å². The summed E-state index contributed by atoms with van der Waals surface area (Å²) >= 11 is 0. The highest BCUT2D eigenvalue weighted by Gasteiger charge is 2.09. The van der Waals surface area contributed by atoms with Crippen molar-refractivity contribution in [3.8, 4) is 5.75 Å². The molecular formula is C14H16N4O4. The Labute approximate surface area is 126 Å². The second kappa shape index (κ2) is 6.61. The van der Waals surface area contributed by atoms with Gasteiger partial charge in [0.25, 0.3) is 0 Å². The molecule has 0 fully saturated rings. The number of amides is 3. The summed E-state index contributed by atoms with van der Waals surface area (Å²) in [6.07, 6.45) is 0. The van der Waals surface area contributed by atoms with Crippen molar-refractivity contribution in [2.75, 3.05) is 23.1 Å². The Morgan fingerprint density at radius 1 is 1.18 bits per heavy atom. The second-order valence-corrected chi connectivity index (χ2v) is 4.50. The topological polar surface area (TPSA) is 105 Å². The quantitative estimate of drug-likeness (QED) is 0.805. The molecule has 0 radical (unpaired) electrons. The van der Waals surface area contributed by atoms with Gasteiger partial charge in [-0.1, -0.05) is 5.16 Å². The highest BCUT2D eigenvalue weighted by Crippen LogP contribution is 2.28. The first-order chi connectivity index (χ1) is 10.5. The number of benzene rings is 1. The van der Waals surface area contributed by atoms with E-state index in [4.69, 9.17) is 9.26 Å². The Kier molecular flexibility index (Phi) is 4.62. The maximum atomic E-state index is 11.8. The zero-order chi connectivity index (χ0) is 16.1. The molecule has 3 N–H and O–H groups in total. The summed E-state index contributed by atoms with van der Waals surface area (Å²) in [5.74, 6) is 1.14. The monoisotopic (exact) mass is 304 g/mol. The molecule has 0 aliphatic heterocycles. The predicted molar refractivity (Wildman–Crippen MR) is 81.2 cm³/mol. The minimum Gasteiger partial charge on any atom is -0.494 e. The van der Waals surface area contributed by atoms with Crippen LogP contribution in [-0.4, -0.2) is 24.2 Å². The maximum Gasteiger partial charge on any atom is 0.324 e. The molecule has 0 atom stereocenters. The molecule has 2 rings (SSSR count). The minimum absolute atomic E-state index is 0.210. The third-order valence-corrected chi connectivity index (χ3v) is 2.64. The molecule has 3 amide bonds. The Balaban J connectivity index is 2.06. The van der Waals surface area contributed by atoms with Gasteiger partial charge < -0.3 is 19.9 Å². The molecule has 0 aliphatic rings. The van der Waals surface area contributed by atoms with Crippen LogP contribution < -0.4 is 20.7 Å². The van der Waals surface area contributed by atoms with Crippen molar-refractivity contribution in [2.24, 2.45) is 0 Å². The Hall–Kier alpha value is -3.03. The van der Waals surface area contributed by atoms with Crippen LogP contribution in [0.25, 0.3) is 0 Å². The standard InChI is InChI=1S/C14H16N4O4/c1-8-6-13(18-22-8)17-14(20)16-10-4-5-11(15-9(2)19)12(7-10)21-3/h4-7H,1-3H3,(H,15,19)(H2,16,17,18,20). The summed E-state index contributed by atoms with van der Waals surface area (Å²) in [6.45, 7) is 3.13. The van der Waals surface area contributed by atoms with E-state index in [9.17, 15) is 9.59 Å². The van der Waals surface area contributed by atoms with Gasteiger partial charge in [0, 0.05) is 24.7 Å². The van der Waals surface area contributed by atoms with Gasteiger partial charge in [-0.2, -0.15) is 0 Å². The average Bonchev–Trinajstić information content (AvgIpc) is 2.85. The van der Waals surface area contributed by atoms with Gasteiger partial charge >= 0.3 is 6.03 Å². The first-order valence-corrected chi connectivity index (χ1v) is 6.45. The lowest BCUT2D eigenvalue weighted by molar-refractivity contribution is -0.114. The molecule has 0 spiro atoms. The van der Waals surface area contributed by atoms with Gasteiger partial charge in [-0.25, -0.2) is 4.79 Å². The zero-order valence-corrected chi connectivity index (χ0v) is 12.4. The van der Waals surface area contributed by atoms with Gasteiger partial charge in [-0.05, 0) is 19.1 Å². The van der Waals surface area contributed by atoms with E-state index in [1.165, 1.54) is 14.0 Å². The summed E-state index contributed by atoms with van der Waals surface area (Å²) in [5, 5.41) is 11.5. The minimum atomic E-state index is -0.470. The van der Waals surface area contributed by atoms with Crippen molar-refractivity contribution in [1.82, 2.24) is 5.16 Å². The lowest BCUT2D eigenvalue weighted by atomic mass is 10.2. The van der Waals surface area contributed by atoms with Crippen LogP contribution in [0.15, 0.2) is 28.8 Å². The molecule has 0 unspecified atom stereocenters. The number of aromatic nitrogens is 1. The van der Waals surface area contributed by atoms with E-state index in [1.807, 2.05) is 0 Å². The lowest BCUT2D eigenvalue weighted by Crippen LogP contribution is -2.19. The second-order valence-electron chi connectivity index (χ2n) is 4.50. The number of anilines is 3.